The number of ether oxygens (including phenoxy) is 1. The maximum Gasteiger partial charge on any atom is 0.274 e. The van der Waals surface area contributed by atoms with Gasteiger partial charge in [0.1, 0.15) is 22.9 Å². The maximum absolute atomic E-state index is 13.1. The predicted octanol–water partition coefficient (Wildman–Crippen LogP) is 5.13. The van der Waals surface area contributed by atoms with Gasteiger partial charge in [0, 0.05) is 29.0 Å². The standard InChI is InChI=1S/C26H18N6O3/c1-15-22-18(23(29-15)17-9-5-6-10-21(17)34-16-7-3-2-4-8-16)13-19(30-25(22)33)26-31-24(32-35-26)20-14-27-11-12-28-20/h2-14,29H,1H3,(H,30,33). The smallest absolute Gasteiger partial charge is 0.274 e. The highest BCUT2D eigenvalue weighted by molar-refractivity contribution is 5.99. The minimum absolute atomic E-state index is 0.170. The molecule has 2 N–H and O–H groups in total. The van der Waals surface area contributed by atoms with Crippen LogP contribution in [0, 0.1) is 6.92 Å². The van der Waals surface area contributed by atoms with Gasteiger partial charge >= 0.3 is 0 Å². The zero-order chi connectivity index (χ0) is 23.8. The number of aromatic nitrogens is 6. The summed E-state index contributed by atoms with van der Waals surface area (Å²) in [4.78, 5) is 31.9. The maximum atomic E-state index is 13.1. The number of H-pyrrole nitrogens is 2. The van der Waals surface area contributed by atoms with E-state index in [1.165, 1.54) is 6.20 Å². The number of para-hydroxylation sites is 2. The molecule has 35 heavy (non-hydrogen) atoms. The Morgan fingerprint density at radius 2 is 1.80 bits per heavy atom. The fourth-order valence-corrected chi connectivity index (χ4v) is 4.00. The Bertz CT molecular complexity index is 1700. The molecule has 0 spiro atoms. The Morgan fingerprint density at radius 3 is 2.63 bits per heavy atom. The molecule has 170 valence electrons. The first-order chi connectivity index (χ1) is 17.2. The van der Waals surface area contributed by atoms with E-state index in [-0.39, 0.29) is 17.3 Å². The van der Waals surface area contributed by atoms with Gasteiger partial charge in [-0.25, -0.2) is 4.98 Å². The number of hydrogen-bond donors (Lipinski definition) is 2. The molecule has 9 heteroatoms. The summed E-state index contributed by atoms with van der Waals surface area (Å²) >= 11 is 0. The van der Waals surface area contributed by atoms with Gasteiger partial charge in [-0.15, -0.1) is 0 Å². The van der Waals surface area contributed by atoms with E-state index < -0.39 is 0 Å². The molecular formula is C26H18N6O3. The van der Waals surface area contributed by atoms with Crippen molar-refractivity contribution in [2.45, 2.75) is 6.92 Å². The van der Waals surface area contributed by atoms with Gasteiger partial charge in [-0.2, -0.15) is 4.98 Å². The van der Waals surface area contributed by atoms with Gasteiger partial charge in [0.2, 0.25) is 5.82 Å². The van der Waals surface area contributed by atoms with Gasteiger partial charge in [0.05, 0.1) is 17.3 Å². The molecule has 2 aromatic carbocycles. The van der Waals surface area contributed by atoms with Crippen LogP contribution in [-0.2, 0) is 0 Å². The first kappa shape index (κ1) is 20.5. The van der Waals surface area contributed by atoms with E-state index in [2.05, 4.69) is 30.1 Å². The van der Waals surface area contributed by atoms with E-state index >= 15 is 0 Å². The number of nitrogens with zero attached hydrogens (tertiary/aromatic N) is 4. The molecule has 0 aliphatic carbocycles. The summed E-state index contributed by atoms with van der Waals surface area (Å²) in [6.07, 6.45) is 4.64. The zero-order valence-corrected chi connectivity index (χ0v) is 18.5. The van der Waals surface area contributed by atoms with Gasteiger partial charge in [0.25, 0.3) is 11.4 Å². The number of pyridine rings is 1. The average Bonchev–Trinajstić information content (AvgIpc) is 3.51. The van der Waals surface area contributed by atoms with Crippen LogP contribution in [0.25, 0.3) is 45.1 Å². The van der Waals surface area contributed by atoms with Crippen LogP contribution in [0.1, 0.15) is 5.69 Å². The highest BCUT2D eigenvalue weighted by atomic mass is 16.5. The first-order valence-corrected chi connectivity index (χ1v) is 10.9. The Hall–Kier alpha value is -5.05. The molecule has 6 rings (SSSR count). The third-order valence-electron chi connectivity index (χ3n) is 5.57. The summed E-state index contributed by atoms with van der Waals surface area (Å²) in [5, 5.41) is 5.24. The normalized spacial score (nSPS) is 11.1. The highest BCUT2D eigenvalue weighted by Gasteiger charge is 2.20. The van der Waals surface area contributed by atoms with Crippen LogP contribution in [0.2, 0.25) is 0 Å². The molecule has 0 aliphatic rings. The Kier molecular flexibility index (Phi) is 4.92. The predicted molar refractivity (Wildman–Crippen MR) is 130 cm³/mol. The molecular weight excluding hydrogens is 444 g/mol. The minimum Gasteiger partial charge on any atom is -0.457 e. The number of fused-ring (bicyclic) bond motifs is 1. The van der Waals surface area contributed by atoms with Gasteiger partial charge < -0.3 is 19.2 Å². The molecule has 0 fully saturated rings. The van der Waals surface area contributed by atoms with E-state index in [1.54, 1.807) is 12.4 Å². The molecule has 0 amide bonds. The molecule has 0 saturated heterocycles. The summed E-state index contributed by atoms with van der Waals surface area (Å²) < 4.78 is 11.6. The second-order valence-electron chi connectivity index (χ2n) is 7.85. The molecule has 0 bridgehead atoms. The summed E-state index contributed by atoms with van der Waals surface area (Å²) in [5.41, 5.74) is 2.91. The lowest BCUT2D eigenvalue weighted by atomic mass is 10.1. The van der Waals surface area contributed by atoms with E-state index in [0.717, 1.165) is 17.0 Å². The van der Waals surface area contributed by atoms with Crippen molar-refractivity contribution in [3.05, 3.63) is 95.3 Å². The van der Waals surface area contributed by atoms with Crippen molar-refractivity contribution in [2.75, 3.05) is 0 Å². The van der Waals surface area contributed by atoms with E-state index in [9.17, 15) is 4.79 Å². The van der Waals surface area contributed by atoms with Crippen molar-refractivity contribution in [1.29, 1.82) is 0 Å². The Labute approximate surface area is 198 Å². The molecule has 6 aromatic rings. The number of aromatic amines is 2. The van der Waals surface area contributed by atoms with Crippen LogP contribution >= 0.6 is 0 Å². The van der Waals surface area contributed by atoms with Crippen LogP contribution in [0.3, 0.4) is 0 Å². The van der Waals surface area contributed by atoms with Crippen LogP contribution in [-0.4, -0.2) is 30.1 Å². The number of nitrogens with one attached hydrogen (secondary N) is 2. The summed E-state index contributed by atoms with van der Waals surface area (Å²) in [6, 6.07) is 19.0. The lowest BCUT2D eigenvalue weighted by Crippen LogP contribution is -2.07. The van der Waals surface area contributed by atoms with Crippen LogP contribution in [0.4, 0.5) is 0 Å². The van der Waals surface area contributed by atoms with Crippen molar-refractivity contribution < 1.29 is 9.26 Å². The van der Waals surface area contributed by atoms with Crippen LogP contribution in [0.15, 0.2) is 88.6 Å². The van der Waals surface area contributed by atoms with Crippen molar-refractivity contribution in [2.24, 2.45) is 0 Å². The van der Waals surface area contributed by atoms with E-state index in [4.69, 9.17) is 9.26 Å². The van der Waals surface area contributed by atoms with Gasteiger partial charge in [-0.1, -0.05) is 35.5 Å². The van der Waals surface area contributed by atoms with E-state index in [1.807, 2.05) is 67.6 Å². The fourth-order valence-electron chi connectivity index (χ4n) is 4.00. The lowest BCUT2D eigenvalue weighted by Gasteiger charge is -2.11. The summed E-state index contributed by atoms with van der Waals surface area (Å²) in [7, 11) is 0. The largest absolute Gasteiger partial charge is 0.457 e. The highest BCUT2D eigenvalue weighted by Crippen LogP contribution is 2.37. The van der Waals surface area contributed by atoms with Crippen molar-refractivity contribution >= 4 is 10.8 Å². The van der Waals surface area contributed by atoms with Gasteiger partial charge in [-0.05, 0) is 37.3 Å². The van der Waals surface area contributed by atoms with Crippen molar-refractivity contribution in [3.63, 3.8) is 0 Å². The summed E-state index contributed by atoms with van der Waals surface area (Å²) in [5.74, 6) is 1.82. The molecule has 9 nitrogen and oxygen atoms in total. The number of benzene rings is 2. The second kappa shape index (κ2) is 8.38. The van der Waals surface area contributed by atoms with Crippen LogP contribution < -0.4 is 10.3 Å². The average molecular weight is 462 g/mol. The van der Waals surface area contributed by atoms with Gasteiger partial charge in [0.15, 0.2) is 0 Å². The fraction of sp³-hybridized carbons (Fsp3) is 0.0385. The molecule has 4 aromatic heterocycles. The number of hydrogen-bond acceptors (Lipinski definition) is 7. The number of aryl methyl sites for hydroxylation is 1. The van der Waals surface area contributed by atoms with Crippen molar-refractivity contribution in [3.8, 4) is 45.9 Å². The zero-order valence-electron chi connectivity index (χ0n) is 18.5. The number of rotatable bonds is 5. The first-order valence-electron chi connectivity index (χ1n) is 10.9. The van der Waals surface area contributed by atoms with Crippen molar-refractivity contribution in [1.82, 2.24) is 30.1 Å². The molecule has 0 unspecified atom stereocenters. The monoisotopic (exact) mass is 462 g/mol. The topological polar surface area (TPSA) is 123 Å². The molecule has 0 atom stereocenters. The van der Waals surface area contributed by atoms with E-state index in [0.29, 0.717) is 33.7 Å². The SMILES string of the molecule is Cc1[nH]c(-c2ccccc2Oc2ccccc2)c2cc(-c3nc(-c4cnccn4)no3)[nH]c(=O)c12. The summed E-state index contributed by atoms with van der Waals surface area (Å²) in [6.45, 7) is 1.86. The Morgan fingerprint density at radius 1 is 0.971 bits per heavy atom. The molecule has 0 saturated carbocycles. The van der Waals surface area contributed by atoms with Gasteiger partial charge in [-0.3, -0.25) is 9.78 Å². The molecule has 0 aliphatic heterocycles. The second-order valence-corrected chi connectivity index (χ2v) is 7.85. The van der Waals surface area contributed by atoms with Crippen LogP contribution in [0.5, 0.6) is 11.5 Å². The minimum atomic E-state index is -0.266. The lowest BCUT2D eigenvalue weighted by molar-refractivity contribution is 0.430. The molecule has 0 radical (unpaired) electrons. The third-order valence-corrected chi connectivity index (χ3v) is 5.57. The molecule has 4 heterocycles. The quantitative estimate of drug-likeness (QED) is 0.364. The Balaban J connectivity index is 1.48. The third kappa shape index (κ3) is 3.74.